The summed E-state index contributed by atoms with van der Waals surface area (Å²) in [5, 5.41) is 15.7. The van der Waals surface area contributed by atoms with Gasteiger partial charge in [-0.3, -0.25) is 14.9 Å². The summed E-state index contributed by atoms with van der Waals surface area (Å²) in [5.41, 5.74) is 0.0460. The number of aromatic nitrogens is 2. The van der Waals surface area contributed by atoms with Gasteiger partial charge in [0.1, 0.15) is 12.4 Å². The summed E-state index contributed by atoms with van der Waals surface area (Å²) in [4.78, 5) is 38.2. The molecule has 4 rings (SSSR count). The Morgan fingerprint density at radius 1 is 1.15 bits per heavy atom. The summed E-state index contributed by atoms with van der Waals surface area (Å²) < 4.78 is 7.08. The van der Waals surface area contributed by atoms with Gasteiger partial charge < -0.3 is 9.72 Å². The number of para-hydroxylation sites is 1. The average Bonchev–Trinajstić information content (AvgIpc) is 2.78. The van der Waals surface area contributed by atoms with Gasteiger partial charge in [-0.1, -0.05) is 35.9 Å². The minimum atomic E-state index is -0.699. The van der Waals surface area contributed by atoms with Crippen molar-refractivity contribution in [3.63, 3.8) is 0 Å². The van der Waals surface area contributed by atoms with Gasteiger partial charge in [0, 0.05) is 22.7 Å². The highest BCUT2D eigenvalue weighted by atomic mass is 79.9. The van der Waals surface area contributed by atoms with E-state index < -0.39 is 16.2 Å². The zero-order chi connectivity index (χ0) is 23.5. The molecule has 11 heteroatoms. The van der Waals surface area contributed by atoms with Crippen molar-refractivity contribution in [1.29, 1.82) is 0 Å². The molecule has 0 fully saturated rings. The molecule has 1 heterocycles. The maximum Gasteiger partial charge on any atom is 0.349 e. The minimum Gasteiger partial charge on any atom is -0.487 e. The number of halogens is 2. The van der Waals surface area contributed by atoms with Crippen LogP contribution in [0.3, 0.4) is 0 Å². The van der Waals surface area contributed by atoms with E-state index in [9.17, 15) is 19.7 Å². The monoisotopic (exact) mass is 528 g/mol. The lowest BCUT2D eigenvalue weighted by Crippen LogP contribution is -2.32. The number of aromatic amines is 1. The zero-order valence-corrected chi connectivity index (χ0v) is 19.0. The summed E-state index contributed by atoms with van der Waals surface area (Å²) >= 11 is 9.54. The predicted molar refractivity (Wildman–Crippen MR) is 128 cm³/mol. The van der Waals surface area contributed by atoms with Crippen LogP contribution in [0.4, 0.5) is 5.69 Å². The number of nitro groups is 1. The molecule has 0 spiro atoms. The second-order valence-electron chi connectivity index (χ2n) is 6.86. The molecule has 4 aromatic rings. The third-order valence-corrected chi connectivity index (χ3v) is 5.45. The molecule has 166 valence electrons. The Balaban J connectivity index is 1.69. The topological polar surface area (TPSA) is 120 Å². The largest absolute Gasteiger partial charge is 0.487 e. The van der Waals surface area contributed by atoms with Crippen LogP contribution in [0.5, 0.6) is 5.75 Å². The number of fused-ring (bicyclic) bond motifs is 1. The molecule has 1 N–H and O–H groups in total. The number of H-pyrrole nitrogens is 1. The van der Waals surface area contributed by atoms with Crippen molar-refractivity contribution in [3.8, 4) is 5.75 Å². The third-order valence-electron chi connectivity index (χ3n) is 4.64. The fourth-order valence-corrected chi connectivity index (χ4v) is 4.07. The van der Waals surface area contributed by atoms with Gasteiger partial charge in [-0.15, -0.1) is 4.68 Å². The van der Waals surface area contributed by atoms with Crippen LogP contribution in [-0.4, -0.2) is 20.8 Å². The maximum atomic E-state index is 12.7. The van der Waals surface area contributed by atoms with E-state index in [-0.39, 0.29) is 12.3 Å². The predicted octanol–water partition coefficient (Wildman–Crippen LogP) is 4.48. The molecule has 0 atom stereocenters. The van der Waals surface area contributed by atoms with E-state index in [4.69, 9.17) is 16.3 Å². The van der Waals surface area contributed by atoms with Crippen molar-refractivity contribution in [2.75, 3.05) is 0 Å². The van der Waals surface area contributed by atoms with Crippen molar-refractivity contribution in [2.24, 2.45) is 5.10 Å². The molecule has 0 unspecified atom stereocenters. The highest BCUT2D eigenvalue weighted by molar-refractivity contribution is 9.10. The number of benzene rings is 3. The Labute approximate surface area is 199 Å². The summed E-state index contributed by atoms with van der Waals surface area (Å²) in [6.45, 7) is 0.0270. The van der Waals surface area contributed by atoms with Gasteiger partial charge in [0.25, 0.3) is 11.2 Å². The lowest BCUT2D eigenvalue weighted by Gasteiger charge is -2.12. The van der Waals surface area contributed by atoms with E-state index in [1.807, 2.05) is 0 Å². The van der Waals surface area contributed by atoms with Gasteiger partial charge in [0.15, 0.2) is 0 Å². The fourth-order valence-electron chi connectivity index (χ4n) is 3.12. The second kappa shape index (κ2) is 9.39. The Hall–Kier alpha value is -3.76. The number of hydrogen-bond acceptors (Lipinski definition) is 6. The van der Waals surface area contributed by atoms with Gasteiger partial charge >= 0.3 is 5.69 Å². The molecule has 0 aliphatic rings. The van der Waals surface area contributed by atoms with Gasteiger partial charge in [-0.2, -0.15) is 5.10 Å². The van der Waals surface area contributed by atoms with E-state index >= 15 is 0 Å². The Morgan fingerprint density at radius 2 is 1.94 bits per heavy atom. The average molecular weight is 530 g/mol. The molecule has 0 saturated carbocycles. The number of nitrogens with one attached hydrogen (secondary N) is 1. The first-order valence-electron chi connectivity index (χ1n) is 9.47. The van der Waals surface area contributed by atoms with Crippen LogP contribution in [-0.2, 0) is 6.61 Å². The number of hydrogen-bond donors (Lipinski definition) is 1. The molecule has 0 amide bonds. The smallest absolute Gasteiger partial charge is 0.349 e. The van der Waals surface area contributed by atoms with Crippen LogP contribution < -0.4 is 16.0 Å². The van der Waals surface area contributed by atoms with E-state index in [0.717, 1.165) is 0 Å². The van der Waals surface area contributed by atoms with Gasteiger partial charge in [-0.05, 0) is 45.8 Å². The second-order valence-corrected chi connectivity index (χ2v) is 8.15. The first-order chi connectivity index (χ1) is 15.8. The Bertz CT molecular complexity index is 1530. The quantitative estimate of drug-likeness (QED) is 0.224. The molecule has 1 aromatic heterocycles. The van der Waals surface area contributed by atoms with E-state index in [0.29, 0.717) is 42.0 Å². The number of nitro benzene ring substituents is 1. The molecule has 9 nitrogen and oxygen atoms in total. The third kappa shape index (κ3) is 4.86. The first-order valence-corrected chi connectivity index (χ1v) is 10.6. The van der Waals surface area contributed by atoms with Gasteiger partial charge in [0.05, 0.1) is 26.5 Å². The van der Waals surface area contributed by atoms with Crippen molar-refractivity contribution in [1.82, 2.24) is 9.66 Å². The fraction of sp³-hybridized carbons (Fsp3) is 0.0455. The first kappa shape index (κ1) is 22.4. The molecule has 0 aliphatic heterocycles. The molecule has 0 saturated heterocycles. The molecule has 0 bridgehead atoms. The van der Waals surface area contributed by atoms with Gasteiger partial charge in [0.2, 0.25) is 0 Å². The highest BCUT2D eigenvalue weighted by Crippen LogP contribution is 2.32. The minimum absolute atomic E-state index is 0.0270. The zero-order valence-electron chi connectivity index (χ0n) is 16.7. The van der Waals surface area contributed by atoms with E-state index in [2.05, 4.69) is 26.0 Å². The Morgan fingerprint density at radius 3 is 2.73 bits per heavy atom. The van der Waals surface area contributed by atoms with Crippen molar-refractivity contribution < 1.29 is 9.66 Å². The molecule has 0 radical (unpaired) electrons. The summed E-state index contributed by atoms with van der Waals surface area (Å²) in [5.74, 6) is 0.333. The lowest BCUT2D eigenvalue weighted by molar-refractivity contribution is -0.384. The van der Waals surface area contributed by atoms with Crippen LogP contribution in [0, 0.1) is 10.1 Å². The highest BCUT2D eigenvalue weighted by Gasteiger charge is 2.12. The normalized spacial score (nSPS) is 11.2. The number of rotatable bonds is 6. The van der Waals surface area contributed by atoms with Crippen molar-refractivity contribution >= 4 is 50.3 Å². The van der Waals surface area contributed by atoms with Crippen LogP contribution in [0.25, 0.3) is 10.9 Å². The van der Waals surface area contributed by atoms with Crippen LogP contribution in [0.1, 0.15) is 11.1 Å². The molecular formula is C22H14BrClN4O5. The lowest BCUT2D eigenvalue weighted by atomic mass is 10.2. The van der Waals surface area contributed by atoms with E-state index in [1.54, 1.807) is 48.5 Å². The summed E-state index contributed by atoms with van der Waals surface area (Å²) in [7, 11) is 0. The number of nitrogens with zero attached hydrogens (tertiary/aromatic N) is 3. The van der Waals surface area contributed by atoms with Gasteiger partial charge in [-0.25, -0.2) is 4.79 Å². The SMILES string of the molecule is O=c1[nH]c2ccccc2c(=O)n1N=Cc1cc(Cl)cc(Br)c1OCc1cccc([N+](=O)[O-])c1. The van der Waals surface area contributed by atoms with Crippen LogP contribution >= 0.6 is 27.5 Å². The molecular weight excluding hydrogens is 516 g/mol. The van der Waals surface area contributed by atoms with Crippen molar-refractivity contribution in [3.05, 3.63) is 112 Å². The molecule has 3 aromatic carbocycles. The number of non-ortho nitro benzene ring substituents is 1. The summed E-state index contributed by atoms with van der Waals surface area (Å²) in [6, 6.07) is 15.8. The molecule has 33 heavy (non-hydrogen) atoms. The molecule has 0 aliphatic carbocycles. The Kier molecular flexibility index (Phi) is 6.38. The van der Waals surface area contributed by atoms with Crippen molar-refractivity contribution in [2.45, 2.75) is 6.61 Å². The maximum absolute atomic E-state index is 12.7. The standard InChI is InChI=1S/C22H14BrClN4O5/c23-18-10-15(24)9-14(20(18)33-12-13-4-3-5-16(8-13)28(31)32)11-25-27-21(29)17-6-1-2-7-19(17)26-22(27)30/h1-11H,12H2,(H,26,30). The van der Waals surface area contributed by atoms with Crippen LogP contribution in [0.15, 0.2) is 79.8 Å². The number of ether oxygens (including phenoxy) is 1. The summed E-state index contributed by atoms with van der Waals surface area (Å²) in [6.07, 6.45) is 1.28. The van der Waals surface area contributed by atoms with Crippen LogP contribution in [0.2, 0.25) is 5.02 Å². The van der Waals surface area contributed by atoms with E-state index in [1.165, 1.54) is 18.3 Å².